The number of ether oxygens (including phenoxy) is 1. The number of hydrogen-bond acceptors (Lipinski definition) is 9. The van der Waals surface area contributed by atoms with Crippen molar-refractivity contribution in [3.8, 4) is 0 Å². The van der Waals surface area contributed by atoms with E-state index in [4.69, 9.17) is 9.72 Å². The molecule has 0 unspecified atom stereocenters. The average Bonchev–Trinajstić information content (AvgIpc) is 3.17. The van der Waals surface area contributed by atoms with Crippen molar-refractivity contribution in [1.82, 2.24) is 24.8 Å². The maximum atomic E-state index is 13.5. The summed E-state index contributed by atoms with van der Waals surface area (Å²) < 4.78 is 45.4. The van der Waals surface area contributed by atoms with Crippen molar-refractivity contribution in [2.24, 2.45) is 0 Å². The second-order valence-corrected chi connectivity index (χ2v) is 9.83. The Balaban J connectivity index is 1.43. The van der Waals surface area contributed by atoms with Gasteiger partial charge in [-0.15, -0.1) is 11.3 Å². The Kier molecular flexibility index (Phi) is 7.75. The van der Waals surface area contributed by atoms with Gasteiger partial charge in [0.1, 0.15) is 17.2 Å². The zero-order chi connectivity index (χ0) is 25.0. The van der Waals surface area contributed by atoms with Crippen LogP contribution >= 0.6 is 11.3 Å². The van der Waals surface area contributed by atoms with E-state index in [1.807, 2.05) is 6.92 Å². The lowest BCUT2D eigenvalue weighted by Gasteiger charge is -2.27. The van der Waals surface area contributed by atoms with Crippen LogP contribution in [0.2, 0.25) is 0 Å². The summed E-state index contributed by atoms with van der Waals surface area (Å²) in [7, 11) is 2.10. The molecule has 13 heteroatoms. The molecule has 35 heavy (non-hydrogen) atoms. The van der Waals surface area contributed by atoms with Crippen molar-refractivity contribution >= 4 is 35.0 Å². The number of thiazole rings is 1. The first kappa shape index (κ1) is 25.2. The fraction of sp³-hybridized carbons (Fsp3) is 0.545. The highest BCUT2D eigenvalue weighted by molar-refractivity contribution is 7.12. The molecule has 4 heterocycles. The van der Waals surface area contributed by atoms with Crippen LogP contribution in [0.4, 0.5) is 35.5 Å². The van der Waals surface area contributed by atoms with Crippen molar-refractivity contribution in [2.75, 3.05) is 50.4 Å². The van der Waals surface area contributed by atoms with E-state index in [0.717, 1.165) is 42.0 Å². The van der Waals surface area contributed by atoms with Crippen LogP contribution < -0.4 is 10.6 Å². The van der Waals surface area contributed by atoms with Gasteiger partial charge < -0.3 is 25.2 Å². The van der Waals surface area contributed by atoms with Gasteiger partial charge in [-0.05, 0) is 52.4 Å². The first-order valence-corrected chi connectivity index (χ1v) is 12.2. The zero-order valence-corrected chi connectivity index (χ0v) is 20.4. The van der Waals surface area contributed by atoms with Crippen LogP contribution in [0.1, 0.15) is 40.6 Å². The van der Waals surface area contributed by atoms with Gasteiger partial charge in [-0.1, -0.05) is 0 Å². The summed E-state index contributed by atoms with van der Waals surface area (Å²) in [6, 6.07) is 0. The van der Waals surface area contributed by atoms with Gasteiger partial charge >= 0.3 is 12.3 Å². The minimum atomic E-state index is -4.61. The highest BCUT2D eigenvalue weighted by Gasteiger charge is 2.35. The predicted molar refractivity (Wildman–Crippen MR) is 127 cm³/mol. The second-order valence-electron chi connectivity index (χ2n) is 8.59. The molecule has 0 spiro atoms. The Morgan fingerprint density at radius 1 is 1.23 bits per heavy atom. The van der Waals surface area contributed by atoms with Crippen molar-refractivity contribution in [1.29, 1.82) is 0 Å². The number of amides is 1. The summed E-state index contributed by atoms with van der Waals surface area (Å²) in [5.74, 6) is 0.656. The molecule has 190 valence electrons. The minimum Gasteiger partial charge on any atom is -0.418 e. The number of aromatic nitrogens is 3. The maximum absolute atomic E-state index is 13.5. The molecule has 0 saturated carbocycles. The van der Waals surface area contributed by atoms with Crippen molar-refractivity contribution in [3.05, 3.63) is 34.0 Å². The van der Waals surface area contributed by atoms with Crippen LogP contribution in [0.25, 0.3) is 0 Å². The van der Waals surface area contributed by atoms with Crippen LogP contribution in [-0.4, -0.2) is 70.6 Å². The molecule has 2 aliphatic rings. The van der Waals surface area contributed by atoms with E-state index < -0.39 is 17.8 Å². The smallest absolute Gasteiger partial charge is 0.418 e. The molecule has 9 nitrogen and oxygen atoms in total. The van der Waals surface area contributed by atoms with Crippen LogP contribution in [0.3, 0.4) is 0 Å². The number of aryl methyl sites for hydroxylation is 1. The molecule has 0 aliphatic carbocycles. The molecule has 4 rings (SSSR count). The molecule has 2 N–H and O–H groups in total. The lowest BCUT2D eigenvalue weighted by atomic mass is 9.98. The van der Waals surface area contributed by atoms with E-state index in [-0.39, 0.29) is 18.3 Å². The molecule has 2 aromatic rings. The Morgan fingerprint density at radius 3 is 2.71 bits per heavy atom. The maximum Gasteiger partial charge on any atom is 0.421 e. The van der Waals surface area contributed by atoms with Crippen LogP contribution in [0, 0.1) is 6.92 Å². The lowest BCUT2D eigenvalue weighted by molar-refractivity contribution is -0.137. The Hall–Kier alpha value is -2.93. The molecule has 1 amide bonds. The van der Waals surface area contributed by atoms with Gasteiger partial charge in [-0.25, -0.2) is 14.8 Å². The van der Waals surface area contributed by atoms with E-state index in [1.165, 1.54) is 11.2 Å². The number of rotatable bonds is 8. The number of nitrogens with one attached hydrogen (secondary N) is 2. The first-order chi connectivity index (χ1) is 16.7. The van der Waals surface area contributed by atoms with Gasteiger partial charge in [0.05, 0.1) is 11.3 Å². The summed E-state index contributed by atoms with van der Waals surface area (Å²) in [6.45, 7) is 4.87. The number of carbonyl (C=O) groups excluding carboxylic acids is 1. The van der Waals surface area contributed by atoms with Gasteiger partial charge in [0.25, 0.3) is 0 Å². The Labute approximate surface area is 205 Å². The molecule has 0 aromatic carbocycles. The molecule has 2 aromatic heterocycles. The third-order valence-electron chi connectivity index (χ3n) is 5.95. The van der Waals surface area contributed by atoms with Crippen LogP contribution in [0.5, 0.6) is 0 Å². The Bertz CT molecular complexity index is 1070. The van der Waals surface area contributed by atoms with E-state index in [1.54, 1.807) is 17.4 Å². The highest BCUT2D eigenvalue weighted by atomic mass is 32.1. The third kappa shape index (κ3) is 6.40. The monoisotopic (exact) mass is 511 g/mol. The van der Waals surface area contributed by atoms with Gasteiger partial charge in [0, 0.05) is 36.6 Å². The molecular weight excluding hydrogens is 483 g/mol. The highest BCUT2D eigenvalue weighted by Crippen LogP contribution is 2.36. The van der Waals surface area contributed by atoms with E-state index >= 15 is 0 Å². The topological polar surface area (TPSA) is 95.5 Å². The van der Waals surface area contributed by atoms with E-state index in [0.29, 0.717) is 31.2 Å². The Morgan fingerprint density at radius 2 is 2.00 bits per heavy atom. The van der Waals surface area contributed by atoms with Gasteiger partial charge in [-0.3, -0.25) is 0 Å². The molecule has 0 bridgehead atoms. The molecule has 1 saturated heterocycles. The molecule has 2 aliphatic heterocycles. The fourth-order valence-corrected chi connectivity index (χ4v) is 4.98. The summed E-state index contributed by atoms with van der Waals surface area (Å²) in [5, 5.41) is 6.76. The van der Waals surface area contributed by atoms with Gasteiger partial charge in [0.15, 0.2) is 0 Å². The fourth-order valence-electron chi connectivity index (χ4n) is 3.94. The van der Waals surface area contributed by atoms with Crippen LogP contribution in [-0.2, 0) is 10.9 Å². The quantitative estimate of drug-likeness (QED) is 0.498. The lowest BCUT2D eigenvalue weighted by Crippen LogP contribution is -2.34. The average molecular weight is 512 g/mol. The molecule has 0 atom stereocenters. The van der Waals surface area contributed by atoms with Crippen molar-refractivity contribution < 1.29 is 22.7 Å². The van der Waals surface area contributed by atoms with E-state index in [2.05, 4.69) is 32.5 Å². The number of nitrogens with zero attached hydrogens (tertiary/aromatic N) is 5. The normalized spacial score (nSPS) is 17.5. The summed E-state index contributed by atoms with van der Waals surface area (Å²) in [6.07, 6.45) is 1.16. The third-order valence-corrected chi connectivity index (χ3v) is 7.08. The number of anilines is 3. The summed E-state index contributed by atoms with van der Waals surface area (Å²) >= 11 is 1.59. The molecular formula is C22H28F3N7O2S. The molecule has 0 radical (unpaired) electrons. The SMILES string of the molecule is Cc1sc(C2CCN(C)CC2)nc1Nc1ncc(C(F)(F)F)c(NCCCN2CC=COC2=O)n1. The number of carbonyl (C=O) groups is 1. The molecule has 1 fully saturated rings. The van der Waals surface area contributed by atoms with Crippen molar-refractivity contribution in [2.45, 2.75) is 38.3 Å². The van der Waals surface area contributed by atoms with E-state index in [9.17, 15) is 18.0 Å². The number of likely N-dealkylation sites (tertiary alicyclic amines) is 1. The minimum absolute atomic E-state index is 0.0357. The number of alkyl halides is 3. The summed E-state index contributed by atoms with van der Waals surface area (Å²) in [4.78, 5) is 29.0. The number of halogens is 3. The standard InChI is InChI=1S/C22H28F3N7O2S/c1-14-17(28-19(35-14)15-5-10-31(2)11-6-15)29-20-27-13-16(22(23,24)25)18(30-20)26-7-3-8-32-9-4-12-34-21(32)33/h4,12-13,15H,3,5-11H2,1-2H3,(H2,26,27,29,30). The summed E-state index contributed by atoms with van der Waals surface area (Å²) in [5.41, 5.74) is -0.953. The van der Waals surface area contributed by atoms with Crippen LogP contribution in [0.15, 0.2) is 18.5 Å². The van der Waals surface area contributed by atoms with Gasteiger partial charge in [0.2, 0.25) is 5.95 Å². The predicted octanol–water partition coefficient (Wildman–Crippen LogP) is 4.58. The number of hydrogen-bond donors (Lipinski definition) is 2. The number of cyclic esters (lactones) is 1. The van der Waals surface area contributed by atoms with Crippen molar-refractivity contribution in [3.63, 3.8) is 0 Å². The zero-order valence-electron chi connectivity index (χ0n) is 19.6. The number of piperidine rings is 1. The largest absolute Gasteiger partial charge is 0.421 e. The van der Waals surface area contributed by atoms with Gasteiger partial charge in [-0.2, -0.15) is 18.2 Å². The first-order valence-electron chi connectivity index (χ1n) is 11.4. The second kappa shape index (κ2) is 10.8.